The predicted molar refractivity (Wildman–Crippen MR) is 58.9 cm³/mol. The third-order valence-corrected chi connectivity index (χ3v) is 3.46. The summed E-state index contributed by atoms with van der Waals surface area (Å²) in [6.45, 7) is 6.35. The highest BCUT2D eigenvalue weighted by molar-refractivity contribution is 7.18. The maximum Gasteiger partial charge on any atom is 0.159 e. The van der Waals surface area contributed by atoms with E-state index in [1.165, 1.54) is 6.33 Å². The number of halogens is 1. The van der Waals surface area contributed by atoms with Crippen molar-refractivity contribution in [3.63, 3.8) is 0 Å². The van der Waals surface area contributed by atoms with E-state index < -0.39 is 0 Å². The number of nitrogens with zero attached hydrogens (tertiary/aromatic N) is 3. The first-order valence-corrected chi connectivity index (χ1v) is 5.45. The van der Waals surface area contributed by atoms with Crippen molar-refractivity contribution in [2.75, 3.05) is 0 Å². The van der Waals surface area contributed by atoms with Gasteiger partial charge >= 0.3 is 0 Å². The molecule has 74 valence electrons. The Morgan fingerprint density at radius 1 is 1.29 bits per heavy atom. The maximum atomic E-state index is 5.91. The topological polar surface area (TPSA) is 38.7 Å². The van der Waals surface area contributed by atoms with E-state index in [9.17, 15) is 0 Å². The molecule has 3 nitrogen and oxygen atoms in total. The molecule has 0 bridgehead atoms. The Hall–Kier alpha value is -0.740. The largest absolute Gasteiger partial charge is 0.236 e. The van der Waals surface area contributed by atoms with Gasteiger partial charge in [0.25, 0.3) is 0 Å². The lowest BCUT2D eigenvalue weighted by Gasteiger charge is -2.12. The van der Waals surface area contributed by atoms with Crippen molar-refractivity contribution in [3.8, 4) is 0 Å². The van der Waals surface area contributed by atoms with E-state index in [4.69, 9.17) is 11.6 Å². The highest BCUT2D eigenvalue weighted by atomic mass is 35.5. The molecule has 2 heterocycles. The minimum Gasteiger partial charge on any atom is -0.236 e. The molecule has 0 radical (unpaired) electrons. The molecule has 0 spiro atoms. The molecule has 2 aromatic rings. The molecule has 0 amide bonds. The fraction of sp³-hybridized carbons (Fsp3) is 0.444. The molecule has 0 saturated heterocycles. The number of aromatic nitrogens is 3. The van der Waals surface area contributed by atoms with Crippen molar-refractivity contribution < 1.29 is 0 Å². The third-order valence-electron chi connectivity index (χ3n) is 1.79. The molecule has 0 unspecified atom stereocenters. The Kier molecular flexibility index (Phi) is 2.20. The Bertz CT molecular complexity index is 472. The first-order chi connectivity index (χ1) is 6.48. The van der Waals surface area contributed by atoms with Gasteiger partial charge in [-0.05, 0) is 0 Å². The molecule has 14 heavy (non-hydrogen) atoms. The van der Waals surface area contributed by atoms with Gasteiger partial charge in [0.05, 0.1) is 0 Å². The summed E-state index contributed by atoms with van der Waals surface area (Å²) in [5.74, 6) is 0. The van der Waals surface area contributed by atoms with E-state index in [1.807, 2.05) is 0 Å². The summed E-state index contributed by atoms with van der Waals surface area (Å²) in [4.78, 5) is 13.3. The van der Waals surface area contributed by atoms with E-state index in [-0.39, 0.29) is 5.41 Å². The fourth-order valence-electron chi connectivity index (χ4n) is 1.05. The van der Waals surface area contributed by atoms with Crippen LogP contribution in [0.25, 0.3) is 10.3 Å². The van der Waals surface area contributed by atoms with Gasteiger partial charge < -0.3 is 0 Å². The van der Waals surface area contributed by atoms with Crippen molar-refractivity contribution in [1.82, 2.24) is 15.0 Å². The molecule has 0 aliphatic rings. The predicted octanol–water partition coefficient (Wildman–Crippen LogP) is 3.04. The number of thiazole rings is 1. The second kappa shape index (κ2) is 3.14. The van der Waals surface area contributed by atoms with Crippen LogP contribution < -0.4 is 0 Å². The zero-order valence-electron chi connectivity index (χ0n) is 8.21. The standard InChI is InChI=1S/C9H10ClN3S/c1-9(2,3)8-13-5-6(10)11-4-12-7(5)14-8/h4H,1-3H3. The van der Waals surface area contributed by atoms with Crippen LogP contribution in [0.5, 0.6) is 0 Å². The van der Waals surface area contributed by atoms with Gasteiger partial charge in [0.1, 0.15) is 21.7 Å². The average Bonchev–Trinajstić information content (AvgIpc) is 2.48. The lowest BCUT2D eigenvalue weighted by molar-refractivity contribution is 0.587. The van der Waals surface area contributed by atoms with Gasteiger partial charge in [-0.2, -0.15) is 0 Å². The summed E-state index contributed by atoms with van der Waals surface area (Å²) >= 11 is 7.49. The number of fused-ring (bicyclic) bond motifs is 1. The van der Waals surface area contributed by atoms with Gasteiger partial charge in [-0.1, -0.05) is 43.7 Å². The Morgan fingerprint density at radius 3 is 2.57 bits per heavy atom. The average molecular weight is 228 g/mol. The van der Waals surface area contributed by atoms with E-state index in [0.29, 0.717) is 10.7 Å². The quantitative estimate of drug-likeness (QED) is 0.650. The number of hydrogen-bond acceptors (Lipinski definition) is 4. The molecule has 0 saturated carbocycles. The molecule has 2 aromatic heterocycles. The molecule has 0 aliphatic carbocycles. The van der Waals surface area contributed by atoms with E-state index in [1.54, 1.807) is 11.3 Å². The minimum atomic E-state index is 0.0364. The molecule has 0 aliphatic heterocycles. The van der Waals surface area contributed by atoms with Crippen LogP contribution in [-0.2, 0) is 5.41 Å². The normalized spacial score (nSPS) is 12.3. The molecule has 0 N–H and O–H groups in total. The molecular formula is C9H10ClN3S. The summed E-state index contributed by atoms with van der Waals surface area (Å²) in [6.07, 6.45) is 1.47. The Morgan fingerprint density at radius 2 is 2.00 bits per heavy atom. The monoisotopic (exact) mass is 227 g/mol. The van der Waals surface area contributed by atoms with Gasteiger partial charge in [0, 0.05) is 5.41 Å². The van der Waals surface area contributed by atoms with Gasteiger partial charge in [0.15, 0.2) is 5.15 Å². The zero-order chi connectivity index (χ0) is 10.3. The van der Waals surface area contributed by atoms with Crippen LogP contribution in [0.1, 0.15) is 25.8 Å². The van der Waals surface area contributed by atoms with Crippen LogP contribution in [0.3, 0.4) is 0 Å². The molecular weight excluding hydrogens is 218 g/mol. The molecule has 0 fully saturated rings. The maximum absolute atomic E-state index is 5.91. The van der Waals surface area contributed by atoms with E-state index in [0.717, 1.165) is 9.84 Å². The lowest BCUT2D eigenvalue weighted by Crippen LogP contribution is -2.09. The van der Waals surface area contributed by atoms with Crippen molar-refractivity contribution in [1.29, 1.82) is 0 Å². The first-order valence-electron chi connectivity index (χ1n) is 4.26. The van der Waals surface area contributed by atoms with E-state index in [2.05, 4.69) is 35.7 Å². The van der Waals surface area contributed by atoms with Crippen molar-refractivity contribution in [2.45, 2.75) is 26.2 Å². The zero-order valence-corrected chi connectivity index (χ0v) is 9.78. The van der Waals surface area contributed by atoms with E-state index >= 15 is 0 Å². The van der Waals surface area contributed by atoms with Crippen LogP contribution in [0.4, 0.5) is 0 Å². The number of rotatable bonds is 0. The van der Waals surface area contributed by atoms with Crippen molar-refractivity contribution in [3.05, 3.63) is 16.5 Å². The van der Waals surface area contributed by atoms with Gasteiger partial charge in [-0.3, -0.25) is 0 Å². The van der Waals surface area contributed by atoms with Crippen molar-refractivity contribution in [2.24, 2.45) is 0 Å². The van der Waals surface area contributed by atoms with Crippen LogP contribution in [0.15, 0.2) is 6.33 Å². The Balaban J connectivity index is 2.69. The summed E-state index contributed by atoms with van der Waals surface area (Å²) in [6, 6.07) is 0. The summed E-state index contributed by atoms with van der Waals surface area (Å²) in [5, 5.41) is 1.47. The second-order valence-electron chi connectivity index (χ2n) is 4.09. The van der Waals surface area contributed by atoms with Crippen LogP contribution in [-0.4, -0.2) is 15.0 Å². The van der Waals surface area contributed by atoms with Gasteiger partial charge in [-0.25, -0.2) is 15.0 Å². The molecule has 0 atom stereocenters. The summed E-state index contributed by atoms with van der Waals surface area (Å²) in [5.41, 5.74) is 0.749. The van der Waals surface area contributed by atoms with Crippen LogP contribution in [0, 0.1) is 0 Å². The first kappa shape index (κ1) is 9.80. The molecule has 2 rings (SSSR count). The highest BCUT2D eigenvalue weighted by Crippen LogP contribution is 2.31. The summed E-state index contributed by atoms with van der Waals surface area (Å²) in [7, 11) is 0. The summed E-state index contributed by atoms with van der Waals surface area (Å²) < 4.78 is 0. The molecule has 5 heteroatoms. The fourth-order valence-corrected chi connectivity index (χ4v) is 2.24. The van der Waals surface area contributed by atoms with Crippen LogP contribution in [0.2, 0.25) is 5.15 Å². The van der Waals surface area contributed by atoms with Crippen LogP contribution >= 0.6 is 22.9 Å². The van der Waals surface area contributed by atoms with Gasteiger partial charge in [-0.15, -0.1) is 0 Å². The second-order valence-corrected chi connectivity index (χ2v) is 5.42. The highest BCUT2D eigenvalue weighted by Gasteiger charge is 2.20. The third kappa shape index (κ3) is 1.60. The Labute approximate surface area is 91.2 Å². The van der Waals surface area contributed by atoms with Gasteiger partial charge in [0.2, 0.25) is 0 Å². The smallest absolute Gasteiger partial charge is 0.159 e. The SMILES string of the molecule is CC(C)(C)c1nc2c(Cl)ncnc2s1. The lowest BCUT2D eigenvalue weighted by atomic mass is 9.98. The van der Waals surface area contributed by atoms with Crippen molar-refractivity contribution >= 4 is 33.3 Å². The minimum absolute atomic E-state index is 0.0364. The molecule has 0 aromatic carbocycles. The number of hydrogen-bond donors (Lipinski definition) is 0.